The first kappa shape index (κ1) is 18.9. The fraction of sp³-hybridized carbons (Fsp3) is 0.381. The van der Waals surface area contributed by atoms with Crippen LogP contribution in [0.25, 0.3) is 0 Å². The number of pyridine rings is 1. The van der Waals surface area contributed by atoms with Crippen LogP contribution in [0.1, 0.15) is 32.0 Å². The van der Waals surface area contributed by atoms with Crippen LogP contribution >= 0.6 is 0 Å². The molecule has 0 atom stereocenters. The van der Waals surface area contributed by atoms with Crippen LogP contribution in [0.5, 0.6) is 5.75 Å². The molecule has 1 aliphatic heterocycles. The van der Waals surface area contributed by atoms with Gasteiger partial charge in [-0.15, -0.1) is 0 Å². The maximum absolute atomic E-state index is 12.4. The van der Waals surface area contributed by atoms with Gasteiger partial charge in [-0.25, -0.2) is 0 Å². The van der Waals surface area contributed by atoms with Gasteiger partial charge in [0.05, 0.1) is 5.69 Å². The fourth-order valence-corrected chi connectivity index (χ4v) is 2.92. The van der Waals surface area contributed by atoms with Gasteiger partial charge in [0, 0.05) is 24.9 Å². The molecular formula is C21H25N3O3. The van der Waals surface area contributed by atoms with Crippen molar-refractivity contribution in [2.75, 3.05) is 24.6 Å². The quantitative estimate of drug-likeness (QED) is 0.881. The van der Waals surface area contributed by atoms with Gasteiger partial charge in [-0.05, 0) is 35.2 Å². The highest BCUT2D eigenvalue weighted by Gasteiger charge is 2.28. The summed E-state index contributed by atoms with van der Waals surface area (Å²) >= 11 is 0. The highest BCUT2D eigenvalue weighted by molar-refractivity contribution is 6.02. The summed E-state index contributed by atoms with van der Waals surface area (Å²) in [5, 5.41) is 2.86. The minimum Gasteiger partial charge on any atom is -0.482 e. The standard InChI is InChI=1S/C21H25N3O3/c1-21(2,3)15-7-8-18-17(12-15)24(20(26)14-27-18)13-19(25)23-11-9-16-6-4-5-10-22-16/h4-8,10,12H,9,11,13-14H2,1-3H3,(H,23,25). The van der Waals surface area contributed by atoms with Crippen LogP contribution in [0.15, 0.2) is 42.6 Å². The van der Waals surface area contributed by atoms with E-state index >= 15 is 0 Å². The summed E-state index contributed by atoms with van der Waals surface area (Å²) in [6.07, 6.45) is 2.38. The van der Waals surface area contributed by atoms with Crippen LogP contribution in [0.3, 0.4) is 0 Å². The lowest BCUT2D eigenvalue weighted by Gasteiger charge is -2.31. The predicted octanol–water partition coefficient (Wildman–Crippen LogP) is 2.46. The van der Waals surface area contributed by atoms with Gasteiger partial charge in [-0.3, -0.25) is 19.5 Å². The first-order valence-electron chi connectivity index (χ1n) is 9.09. The Morgan fingerprint density at radius 2 is 2.07 bits per heavy atom. The topological polar surface area (TPSA) is 71.5 Å². The molecule has 142 valence electrons. The van der Waals surface area contributed by atoms with E-state index in [0.717, 1.165) is 11.3 Å². The molecule has 27 heavy (non-hydrogen) atoms. The Kier molecular flexibility index (Phi) is 5.44. The number of nitrogens with one attached hydrogen (secondary N) is 1. The lowest BCUT2D eigenvalue weighted by Crippen LogP contribution is -2.45. The Balaban J connectivity index is 1.67. The van der Waals surface area contributed by atoms with Crippen molar-refractivity contribution in [2.24, 2.45) is 0 Å². The Hall–Kier alpha value is -2.89. The van der Waals surface area contributed by atoms with Gasteiger partial charge in [0.15, 0.2) is 6.61 Å². The van der Waals surface area contributed by atoms with Crippen LogP contribution in [0, 0.1) is 0 Å². The fourth-order valence-electron chi connectivity index (χ4n) is 2.92. The molecule has 0 radical (unpaired) electrons. The van der Waals surface area contributed by atoms with E-state index in [-0.39, 0.29) is 30.4 Å². The molecule has 0 saturated heterocycles. The molecule has 1 aromatic heterocycles. The molecule has 2 heterocycles. The second kappa shape index (κ2) is 7.78. The number of aromatic nitrogens is 1. The number of hydrogen-bond acceptors (Lipinski definition) is 4. The van der Waals surface area contributed by atoms with E-state index in [0.29, 0.717) is 24.4 Å². The molecule has 2 amide bonds. The van der Waals surface area contributed by atoms with Crippen LogP contribution in [-0.4, -0.2) is 36.5 Å². The zero-order chi connectivity index (χ0) is 19.4. The Morgan fingerprint density at radius 1 is 1.26 bits per heavy atom. The molecule has 6 heteroatoms. The van der Waals surface area contributed by atoms with Gasteiger partial charge >= 0.3 is 0 Å². The van der Waals surface area contributed by atoms with E-state index in [2.05, 4.69) is 31.1 Å². The minimum atomic E-state index is -0.214. The smallest absolute Gasteiger partial charge is 0.265 e. The number of hydrogen-bond donors (Lipinski definition) is 1. The number of benzene rings is 1. The van der Waals surface area contributed by atoms with E-state index in [1.165, 1.54) is 4.90 Å². The average molecular weight is 367 g/mol. The molecule has 1 aliphatic rings. The second-order valence-corrected chi connectivity index (χ2v) is 7.62. The molecule has 0 aliphatic carbocycles. The van der Waals surface area contributed by atoms with Gasteiger partial charge < -0.3 is 10.1 Å². The van der Waals surface area contributed by atoms with Crippen molar-refractivity contribution < 1.29 is 14.3 Å². The number of nitrogens with zero attached hydrogens (tertiary/aromatic N) is 2. The van der Waals surface area contributed by atoms with E-state index in [9.17, 15) is 9.59 Å². The molecular weight excluding hydrogens is 342 g/mol. The maximum Gasteiger partial charge on any atom is 0.265 e. The second-order valence-electron chi connectivity index (χ2n) is 7.62. The highest BCUT2D eigenvalue weighted by Crippen LogP contribution is 2.36. The third-order valence-corrected chi connectivity index (χ3v) is 4.50. The summed E-state index contributed by atoms with van der Waals surface area (Å²) in [6.45, 7) is 6.72. The molecule has 0 saturated carbocycles. The van der Waals surface area contributed by atoms with Gasteiger partial charge in [0.2, 0.25) is 5.91 Å². The summed E-state index contributed by atoms with van der Waals surface area (Å²) in [5.41, 5.74) is 2.59. The normalized spacial score (nSPS) is 13.7. The molecule has 0 bridgehead atoms. The molecule has 1 aromatic carbocycles. The number of carbonyl (C=O) groups is 2. The number of amides is 2. The molecule has 0 fully saturated rings. The van der Waals surface area contributed by atoms with Crippen LogP contribution < -0.4 is 15.0 Å². The monoisotopic (exact) mass is 367 g/mol. The van der Waals surface area contributed by atoms with Crippen molar-refractivity contribution in [1.29, 1.82) is 0 Å². The molecule has 6 nitrogen and oxygen atoms in total. The number of fused-ring (bicyclic) bond motifs is 1. The molecule has 1 N–H and O–H groups in total. The predicted molar refractivity (Wildman–Crippen MR) is 104 cm³/mol. The summed E-state index contributed by atoms with van der Waals surface area (Å²) < 4.78 is 5.52. The van der Waals surface area contributed by atoms with Crippen molar-refractivity contribution in [3.63, 3.8) is 0 Å². The average Bonchev–Trinajstić information content (AvgIpc) is 2.64. The van der Waals surface area contributed by atoms with Gasteiger partial charge in [-0.1, -0.05) is 32.9 Å². The summed E-state index contributed by atoms with van der Waals surface area (Å²) in [7, 11) is 0. The molecule has 0 spiro atoms. The van der Waals surface area contributed by atoms with E-state index < -0.39 is 0 Å². The van der Waals surface area contributed by atoms with Gasteiger partial charge in [0.25, 0.3) is 5.91 Å². The van der Waals surface area contributed by atoms with E-state index in [1.807, 2.05) is 36.4 Å². The van der Waals surface area contributed by atoms with Crippen molar-refractivity contribution in [3.05, 3.63) is 53.9 Å². The van der Waals surface area contributed by atoms with Crippen molar-refractivity contribution >= 4 is 17.5 Å². The Labute approximate surface area is 159 Å². The van der Waals surface area contributed by atoms with Crippen molar-refractivity contribution in [3.8, 4) is 5.75 Å². The van der Waals surface area contributed by atoms with Crippen LogP contribution in [0.2, 0.25) is 0 Å². The first-order chi connectivity index (χ1) is 12.8. The van der Waals surface area contributed by atoms with E-state index in [1.54, 1.807) is 6.20 Å². The molecule has 0 unspecified atom stereocenters. The van der Waals surface area contributed by atoms with Gasteiger partial charge in [0.1, 0.15) is 12.3 Å². The number of rotatable bonds is 5. The van der Waals surface area contributed by atoms with Crippen LogP contribution in [-0.2, 0) is 21.4 Å². The number of ether oxygens (including phenoxy) is 1. The first-order valence-corrected chi connectivity index (χ1v) is 9.09. The highest BCUT2D eigenvalue weighted by atomic mass is 16.5. The number of carbonyl (C=O) groups excluding carboxylic acids is 2. The maximum atomic E-state index is 12.4. The third-order valence-electron chi connectivity index (χ3n) is 4.50. The molecule has 3 rings (SSSR count). The van der Waals surface area contributed by atoms with Gasteiger partial charge in [-0.2, -0.15) is 0 Å². The van der Waals surface area contributed by atoms with E-state index in [4.69, 9.17) is 4.74 Å². The van der Waals surface area contributed by atoms with Crippen molar-refractivity contribution in [1.82, 2.24) is 10.3 Å². The summed E-state index contributed by atoms with van der Waals surface area (Å²) in [4.78, 5) is 30.5. The lowest BCUT2D eigenvalue weighted by molar-refractivity contribution is -0.125. The summed E-state index contributed by atoms with van der Waals surface area (Å²) in [5.74, 6) is 0.214. The third kappa shape index (κ3) is 4.64. The zero-order valence-corrected chi connectivity index (χ0v) is 16.0. The zero-order valence-electron chi connectivity index (χ0n) is 16.0. The lowest BCUT2D eigenvalue weighted by atomic mass is 9.86. The molecule has 2 aromatic rings. The summed E-state index contributed by atoms with van der Waals surface area (Å²) in [6, 6.07) is 11.5. The van der Waals surface area contributed by atoms with Crippen LogP contribution in [0.4, 0.5) is 5.69 Å². The SMILES string of the molecule is CC(C)(C)c1ccc2c(c1)N(CC(=O)NCCc1ccccn1)C(=O)CO2. The Bertz CT molecular complexity index is 828. The van der Waals surface area contributed by atoms with Crippen molar-refractivity contribution in [2.45, 2.75) is 32.6 Å². The number of anilines is 1. The largest absolute Gasteiger partial charge is 0.482 e. The minimum absolute atomic E-state index is 0.0228. The Morgan fingerprint density at radius 3 is 2.78 bits per heavy atom.